The number of aliphatic hydroxyl groups is 1. The second kappa shape index (κ2) is 36.9. The average molecular weight is 573 g/mol. The second-order valence-corrected chi connectivity index (χ2v) is 12.0. The molecule has 1 N–H and O–H groups in total. The Bertz CT molecular complexity index is 540. The van der Waals surface area contributed by atoms with Crippen molar-refractivity contribution in [1.82, 2.24) is 0 Å². The Morgan fingerprint density at radius 1 is 0.439 bits per heavy atom. The van der Waals surface area contributed by atoms with Gasteiger partial charge < -0.3 is 9.84 Å². The molecule has 0 aliphatic rings. The average Bonchev–Trinajstić information content (AvgIpc) is 2.98. The Morgan fingerprint density at radius 2 is 0.780 bits per heavy atom. The van der Waals surface area contributed by atoms with Crippen LogP contribution in [0.2, 0.25) is 0 Å². The molecule has 0 spiro atoms. The van der Waals surface area contributed by atoms with Crippen molar-refractivity contribution in [2.24, 2.45) is 0 Å². The van der Waals surface area contributed by atoms with Crippen LogP contribution in [0.5, 0.6) is 0 Å². The van der Waals surface area contributed by atoms with Crippen LogP contribution in [-0.4, -0.2) is 24.4 Å². The molecule has 0 heterocycles. The molecule has 0 saturated heterocycles. The summed E-state index contributed by atoms with van der Waals surface area (Å²) in [5.41, 5.74) is 0. The van der Waals surface area contributed by atoms with Gasteiger partial charge >= 0.3 is 0 Å². The van der Waals surface area contributed by atoms with Crippen molar-refractivity contribution < 1.29 is 9.84 Å². The smallest absolute Gasteiger partial charge is 0.0701 e. The normalized spacial score (nSPS) is 12.5. The number of hydrogen-bond acceptors (Lipinski definition) is 2. The fourth-order valence-electron chi connectivity index (χ4n) is 5.25. The molecule has 2 heteroatoms. The van der Waals surface area contributed by atoms with Gasteiger partial charge in [-0.25, -0.2) is 0 Å². The number of allylic oxidation sites excluding steroid dienone is 8. The van der Waals surface area contributed by atoms with E-state index in [1.165, 1.54) is 141 Å². The zero-order valence-corrected chi connectivity index (χ0v) is 27.9. The van der Waals surface area contributed by atoms with E-state index in [2.05, 4.69) is 62.5 Å². The lowest BCUT2D eigenvalue weighted by molar-refractivity contribution is 0.0167. The van der Waals surface area contributed by atoms with Crippen LogP contribution in [0.1, 0.15) is 181 Å². The van der Waals surface area contributed by atoms with Crippen LogP contribution >= 0.6 is 0 Å². The summed E-state index contributed by atoms with van der Waals surface area (Å²) in [6, 6.07) is 0. The summed E-state index contributed by atoms with van der Waals surface area (Å²) in [6.45, 7) is 5.16. The van der Waals surface area contributed by atoms with E-state index in [1.54, 1.807) is 0 Å². The van der Waals surface area contributed by atoms with Crippen LogP contribution in [0, 0.1) is 0 Å². The van der Waals surface area contributed by atoms with Gasteiger partial charge in [0.05, 0.1) is 19.3 Å². The topological polar surface area (TPSA) is 29.5 Å². The Kier molecular flexibility index (Phi) is 35.9. The summed E-state index contributed by atoms with van der Waals surface area (Å²) in [7, 11) is 0. The fraction of sp³-hybridized carbons (Fsp3) is 0.795. The zero-order valence-electron chi connectivity index (χ0n) is 27.9. The molecule has 0 aliphatic carbocycles. The summed E-state index contributed by atoms with van der Waals surface area (Å²) >= 11 is 0. The minimum atomic E-state index is 0.143. The van der Waals surface area contributed by atoms with Crippen molar-refractivity contribution in [1.29, 1.82) is 0 Å². The molecule has 0 atom stereocenters. The Balaban J connectivity index is 3.60. The number of aliphatic hydroxyl groups excluding tert-OH is 1. The summed E-state index contributed by atoms with van der Waals surface area (Å²) < 4.78 is 5.97. The van der Waals surface area contributed by atoms with Gasteiger partial charge in [-0.3, -0.25) is 0 Å². The molecular formula is C39H72O2. The minimum absolute atomic E-state index is 0.143. The third-order valence-corrected chi connectivity index (χ3v) is 7.90. The molecule has 0 saturated carbocycles. The van der Waals surface area contributed by atoms with Crippen LogP contribution in [-0.2, 0) is 4.74 Å². The van der Waals surface area contributed by atoms with E-state index in [-0.39, 0.29) is 6.61 Å². The number of unbranched alkanes of at least 4 members (excludes halogenated alkanes) is 18. The highest BCUT2D eigenvalue weighted by atomic mass is 16.5. The first-order valence-electron chi connectivity index (χ1n) is 18.2. The maximum atomic E-state index is 9.20. The van der Waals surface area contributed by atoms with Crippen molar-refractivity contribution in [3.05, 3.63) is 48.6 Å². The molecule has 0 radical (unpaired) electrons. The van der Waals surface area contributed by atoms with Crippen molar-refractivity contribution in [2.75, 3.05) is 13.2 Å². The van der Waals surface area contributed by atoms with Crippen LogP contribution in [0.4, 0.5) is 0 Å². The third-order valence-electron chi connectivity index (χ3n) is 7.90. The molecule has 0 amide bonds. The van der Waals surface area contributed by atoms with E-state index < -0.39 is 0 Å². The second-order valence-electron chi connectivity index (χ2n) is 12.0. The number of rotatable bonds is 33. The van der Waals surface area contributed by atoms with Crippen LogP contribution in [0.25, 0.3) is 0 Å². The summed E-state index contributed by atoms with van der Waals surface area (Å²) in [4.78, 5) is 0. The molecule has 0 rings (SSSR count). The van der Waals surface area contributed by atoms with Crippen LogP contribution in [0.15, 0.2) is 48.6 Å². The van der Waals surface area contributed by atoms with E-state index in [0.717, 1.165) is 25.7 Å². The van der Waals surface area contributed by atoms with Gasteiger partial charge in [-0.05, 0) is 77.0 Å². The Morgan fingerprint density at radius 3 is 1.15 bits per heavy atom. The Hall–Kier alpha value is -1.12. The predicted octanol–water partition coefficient (Wildman–Crippen LogP) is 12.8. The first-order valence-corrected chi connectivity index (χ1v) is 18.2. The molecule has 240 valence electrons. The molecule has 0 aromatic heterocycles. The van der Waals surface area contributed by atoms with E-state index in [4.69, 9.17) is 4.74 Å². The van der Waals surface area contributed by atoms with Crippen LogP contribution in [0.3, 0.4) is 0 Å². The van der Waals surface area contributed by atoms with E-state index in [9.17, 15) is 5.11 Å². The molecule has 2 nitrogen and oxygen atoms in total. The fourth-order valence-corrected chi connectivity index (χ4v) is 5.25. The van der Waals surface area contributed by atoms with Crippen molar-refractivity contribution in [2.45, 2.75) is 187 Å². The van der Waals surface area contributed by atoms with Gasteiger partial charge in [0.15, 0.2) is 0 Å². The lowest BCUT2D eigenvalue weighted by atomic mass is 10.0. The van der Waals surface area contributed by atoms with Gasteiger partial charge in [0.2, 0.25) is 0 Å². The van der Waals surface area contributed by atoms with E-state index >= 15 is 0 Å². The van der Waals surface area contributed by atoms with Gasteiger partial charge in [-0.2, -0.15) is 0 Å². The third kappa shape index (κ3) is 35.0. The molecular weight excluding hydrogens is 500 g/mol. The van der Waals surface area contributed by atoms with Crippen molar-refractivity contribution in [3.63, 3.8) is 0 Å². The minimum Gasteiger partial charge on any atom is -0.394 e. The largest absolute Gasteiger partial charge is 0.394 e. The summed E-state index contributed by atoms with van der Waals surface area (Å²) in [5.74, 6) is 0. The van der Waals surface area contributed by atoms with Gasteiger partial charge in [-0.1, -0.05) is 152 Å². The lowest BCUT2D eigenvalue weighted by Crippen LogP contribution is -2.15. The maximum Gasteiger partial charge on any atom is 0.0701 e. The zero-order chi connectivity index (χ0) is 29.7. The molecule has 0 aromatic rings. The summed E-state index contributed by atoms with van der Waals surface area (Å²) in [5, 5.41) is 9.20. The molecule has 0 fully saturated rings. The Labute approximate surface area is 258 Å². The number of ether oxygens (including phenoxy) is 1. The monoisotopic (exact) mass is 573 g/mol. The van der Waals surface area contributed by atoms with Gasteiger partial charge in [0.1, 0.15) is 0 Å². The lowest BCUT2D eigenvalue weighted by Gasteiger charge is -2.17. The quantitative estimate of drug-likeness (QED) is 0.0626. The number of hydrogen-bond donors (Lipinski definition) is 1. The van der Waals surface area contributed by atoms with Gasteiger partial charge in [-0.15, -0.1) is 0 Å². The maximum absolute atomic E-state index is 9.20. The molecule has 0 bridgehead atoms. The highest BCUT2D eigenvalue weighted by Gasteiger charge is 2.08. The highest BCUT2D eigenvalue weighted by molar-refractivity contribution is 4.93. The molecule has 0 unspecified atom stereocenters. The highest BCUT2D eigenvalue weighted by Crippen LogP contribution is 2.17. The first kappa shape index (κ1) is 39.9. The van der Waals surface area contributed by atoms with E-state index in [0.29, 0.717) is 12.7 Å². The molecule has 0 aliphatic heterocycles. The molecule has 0 aromatic carbocycles. The van der Waals surface area contributed by atoms with Crippen molar-refractivity contribution >= 4 is 0 Å². The first-order chi connectivity index (χ1) is 20.3. The van der Waals surface area contributed by atoms with Gasteiger partial charge in [0.25, 0.3) is 0 Å². The standard InChI is InChI=1S/C39H72O2/c1-3-5-7-9-11-13-15-17-19-21-23-25-27-29-31-33-35-39(41-38-37-40)36-34-32-30-28-26-24-22-20-18-16-14-12-10-8-6-4-2/h11-14,17-20,39-40H,3-10,15-16,21-38H2,1-2H3/b13-11-,14-12-,19-17-,20-18-. The SMILES string of the molecule is CCCCC/C=C\C/C=C\CCCCCCCCC(CCCCCCCC/C=C\C/C=C\CCCCC)OCCO. The van der Waals surface area contributed by atoms with Gasteiger partial charge in [0, 0.05) is 0 Å². The van der Waals surface area contributed by atoms with Crippen molar-refractivity contribution in [3.8, 4) is 0 Å². The predicted molar refractivity (Wildman–Crippen MR) is 185 cm³/mol. The van der Waals surface area contributed by atoms with E-state index in [1.807, 2.05) is 0 Å². The summed E-state index contributed by atoms with van der Waals surface area (Å²) in [6.07, 6.45) is 52.5. The van der Waals surface area contributed by atoms with Crippen LogP contribution < -0.4 is 0 Å². The molecule has 41 heavy (non-hydrogen) atoms.